The third-order valence-corrected chi connectivity index (χ3v) is 15.9. The molecule has 3 fully saturated rings. The lowest BCUT2D eigenvalue weighted by atomic mass is 9.83. The number of carbonyl (C=O) groups excluding carboxylic acids is 6. The number of para-hydroxylation sites is 1. The zero-order valence-corrected chi connectivity index (χ0v) is 47.5. The first kappa shape index (κ1) is 59.3. The Morgan fingerprint density at radius 1 is 0.825 bits per heavy atom. The van der Waals surface area contributed by atoms with Gasteiger partial charge >= 0.3 is 0 Å². The van der Waals surface area contributed by atoms with Crippen LogP contribution in [0.3, 0.4) is 0 Å². The van der Waals surface area contributed by atoms with Crippen LogP contribution in [-0.2, 0) is 35.6 Å². The van der Waals surface area contributed by atoms with Gasteiger partial charge < -0.3 is 65.0 Å². The molecule has 3 aromatic heterocycles. The molecule has 430 valence electrons. The first-order chi connectivity index (χ1) is 38.6. The van der Waals surface area contributed by atoms with Crippen LogP contribution in [0, 0.1) is 25.6 Å². The normalized spacial score (nSPS) is 15.9. The fourth-order valence-electron chi connectivity index (χ4n) is 10.1. The molecular formula is C55H71ClFN13O9S. The number of carbonyl (C=O) groups is 6. The van der Waals surface area contributed by atoms with Crippen LogP contribution in [-0.4, -0.2) is 187 Å². The molecule has 2 aromatic carbocycles. The van der Waals surface area contributed by atoms with Crippen molar-refractivity contribution in [3.63, 3.8) is 0 Å². The van der Waals surface area contributed by atoms with Crippen LogP contribution in [0.15, 0.2) is 48.7 Å². The van der Waals surface area contributed by atoms with Crippen LogP contribution in [0.4, 0.5) is 26.8 Å². The molecule has 2 aliphatic heterocycles. The number of fused-ring (bicyclic) bond motifs is 1. The Bertz CT molecular complexity index is 2990. The average molecular weight is 1140 g/mol. The minimum Gasteiger partial charge on any atom is -0.377 e. The number of rotatable bonds is 23. The molecule has 2 atom stereocenters. The van der Waals surface area contributed by atoms with Gasteiger partial charge in [-0.15, -0.1) is 0 Å². The van der Waals surface area contributed by atoms with Gasteiger partial charge in [0.15, 0.2) is 5.13 Å². The topological polar surface area (TPSA) is 247 Å². The maximum Gasteiger partial charge on any atom is 0.271 e. The highest BCUT2D eigenvalue weighted by atomic mass is 35.5. The standard InChI is InChI=1S/C55H71ClFN13O9S/c1-34-10-9-13-40(56)47(34)64-51(73)42-32-60-55(80-42)63-43-31-44(62-36(3)61-43)67-17-19-68(20-18-67)45(71)33-79-29-28-78-27-26-77-25-16-59-52(74)46-39-30-38(57)14-15-41(39)66(5)49(46)54(76)70-23-21-69(22-24-70)53(75)48(37-11-7-6-8-12-37)65-50(72)35(2)58-4/h9-10,13-15,30-32,35,37,48,58H,6-8,11-12,16-29,33H2,1-5H3,(H,59,74)(H,64,73)(H,65,72)(H,60,61,62,63)/t35-,48?/m0/s1. The van der Waals surface area contributed by atoms with E-state index in [4.69, 9.17) is 25.8 Å². The number of nitrogens with one attached hydrogen (secondary N) is 5. The van der Waals surface area contributed by atoms with Crippen molar-refractivity contribution in [2.24, 2.45) is 13.0 Å². The Labute approximate surface area is 473 Å². The molecule has 5 aromatic rings. The Kier molecular flexibility index (Phi) is 20.8. The number of nitrogens with zero attached hydrogens (tertiary/aromatic N) is 8. The highest BCUT2D eigenvalue weighted by molar-refractivity contribution is 7.17. The quantitative estimate of drug-likeness (QED) is 0.0546. The SMILES string of the molecule is CN[C@@H](C)C(=O)NC(C(=O)N1CCN(C(=O)c2c(C(=O)NCCOCCOCCOCC(=O)N3CCN(c4cc(Nc5ncc(C(=O)Nc6c(C)cccc6Cl)s5)nc(C)n4)CC3)c3cc(F)ccc3n2C)CC1)C1CCCCC1. The summed E-state index contributed by atoms with van der Waals surface area (Å²) in [7, 11) is 3.36. The van der Waals surface area contributed by atoms with Crippen molar-refractivity contribution in [3.05, 3.63) is 87.0 Å². The molecule has 1 saturated carbocycles. The number of likely N-dealkylation sites (N-methyl/N-ethyl adjacent to an activating group) is 1. The minimum absolute atomic E-state index is 0.0325. The van der Waals surface area contributed by atoms with Crippen molar-refractivity contribution >= 4 is 91.7 Å². The van der Waals surface area contributed by atoms with Gasteiger partial charge in [0, 0.05) is 82.9 Å². The molecule has 5 heterocycles. The fourth-order valence-corrected chi connectivity index (χ4v) is 11.1. The maximum absolute atomic E-state index is 14.7. The second-order valence-corrected chi connectivity index (χ2v) is 21.5. The third kappa shape index (κ3) is 14.9. The van der Waals surface area contributed by atoms with E-state index in [0.717, 1.165) is 37.7 Å². The number of benzene rings is 2. The highest BCUT2D eigenvalue weighted by Crippen LogP contribution is 2.32. The lowest BCUT2D eigenvalue weighted by Crippen LogP contribution is -2.59. The van der Waals surface area contributed by atoms with Gasteiger partial charge in [0.05, 0.1) is 61.5 Å². The van der Waals surface area contributed by atoms with Crippen LogP contribution in [0.2, 0.25) is 5.02 Å². The van der Waals surface area contributed by atoms with E-state index in [1.54, 1.807) is 53.3 Å². The summed E-state index contributed by atoms with van der Waals surface area (Å²) in [5.41, 5.74) is 2.06. The van der Waals surface area contributed by atoms with E-state index in [0.29, 0.717) is 75.3 Å². The van der Waals surface area contributed by atoms with E-state index < -0.39 is 29.7 Å². The van der Waals surface area contributed by atoms with Gasteiger partial charge in [-0.05, 0) is 76.4 Å². The summed E-state index contributed by atoms with van der Waals surface area (Å²) in [5, 5.41) is 16.1. The Morgan fingerprint density at radius 2 is 1.51 bits per heavy atom. The number of hydrogen-bond acceptors (Lipinski definition) is 16. The lowest BCUT2D eigenvalue weighted by molar-refractivity contribution is -0.140. The average Bonchev–Trinajstić information content (AvgIpc) is 4.12. The van der Waals surface area contributed by atoms with Crippen molar-refractivity contribution in [3.8, 4) is 0 Å². The van der Waals surface area contributed by atoms with Crippen molar-refractivity contribution in [1.29, 1.82) is 0 Å². The van der Waals surface area contributed by atoms with Gasteiger partial charge in [0.25, 0.3) is 17.7 Å². The van der Waals surface area contributed by atoms with Crippen LogP contribution >= 0.6 is 22.9 Å². The molecule has 2 saturated heterocycles. The summed E-state index contributed by atoms with van der Waals surface area (Å²) in [6.45, 7) is 9.42. The summed E-state index contributed by atoms with van der Waals surface area (Å²) in [6.07, 6.45) is 6.30. The number of amides is 6. The van der Waals surface area contributed by atoms with Crippen LogP contribution < -0.4 is 31.5 Å². The molecule has 25 heteroatoms. The number of anilines is 4. The third-order valence-electron chi connectivity index (χ3n) is 14.7. The van der Waals surface area contributed by atoms with Crippen molar-refractivity contribution in [2.75, 3.05) is 121 Å². The smallest absolute Gasteiger partial charge is 0.271 e. The van der Waals surface area contributed by atoms with Gasteiger partial charge in [-0.3, -0.25) is 28.8 Å². The van der Waals surface area contributed by atoms with E-state index in [1.165, 1.54) is 35.7 Å². The molecule has 80 heavy (non-hydrogen) atoms. The van der Waals surface area contributed by atoms with Gasteiger partial charge in [-0.2, -0.15) is 0 Å². The van der Waals surface area contributed by atoms with Crippen LogP contribution in [0.1, 0.15) is 80.9 Å². The lowest BCUT2D eigenvalue weighted by Gasteiger charge is -2.39. The number of aryl methyl sites for hydroxylation is 3. The van der Waals surface area contributed by atoms with E-state index in [2.05, 4.69) is 46.4 Å². The zero-order chi connectivity index (χ0) is 56.9. The number of thiazole rings is 1. The largest absolute Gasteiger partial charge is 0.377 e. The summed E-state index contributed by atoms with van der Waals surface area (Å²) in [5.74, 6) is -0.591. The number of aromatic nitrogens is 4. The second kappa shape index (κ2) is 28.0. The van der Waals surface area contributed by atoms with E-state index in [1.807, 2.05) is 25.1 Å². The van der Waals surface area contributed by atoms with Gasteiger partial charge in [-0.1, -0.05) is 54.3 Å². The van der Waals surface area contributed by atoms with Crippen molar-refractivity contribution < 1.29 is 47.4 Å². The molecule has 5 N–H and O–H groups in total. The molecule has 3 aliphatic rings. The molecule has 0 bridgehead atoms. The first-order valence-corrected chi connectivity index (χ1v) is 28.3. The molecule has 8 rings (SSSR count). The Morgan fingerprint density at radius 3 is 2.23 bits per heavy atom. The summed E-state index contributed by atoms with van der Waals surface area (Å²) in [6, 6.07) is 10.2. The van der Waals surface area contributed by atoms with Crippen molar-refractivity contribution in [2.45, 2.75) is 65.0 Å². The van der Waals surface area contributed by atoms with E-state index >= 15 is 0 Å². The second-order valence-electron chi connectivity index (χ2n) is 20.1. The number of ether oxygens (including phenoxy) is 3. The predicted octanol–water partition coefficient (Wildman–Crippen LogP) is 4.92. The fraction of sp³-hybridized carbons (Fsp3) is 0.509. The number of halogens is 2. The molecule has 0 spiro atoms. The van der Waals surface area contributed by atoms with Gasteiger partial charge in [0.1, 0.15) is 46.5 Å². The first-order valence-electron chi connectivity index (χ1n) is 27.1. The van der Waals surface area contributed by atoms with Crippen LogP contribution in [0.5, 0.6) is 0 Å². The minimum atomic E-state index is -0.655. The van der Waals surface area contributed by atoms with Crippen LogP contribution in [0.25, 0.3) is 10.9 Å². The van der Waals surface area contributed by atoms with E-state index in [9.17, 15) is 33.2 Å². The van der Waals surface area contributed by atoms with Crippen molar-refractivity contribution in [1.82, 2.24) is 50.2 Å². The molecular weight excluding hydrogens is 1070 g/mol. The Hall–Kier alpha value is -6.83. The van der Waals surface area contributed by atoms with Gasteiger partial charge in [0.2, 0.25) is 17.7 Å². The Balaban J connectivity index is 0.720. The molecule has 1 aliphatic carbocycles. The highest BCUT2D eigenvalue weighted by Gasteiger charge is 2.38. The monoisotopic (exact) mass is 1140 g/mol. The van der Waals surface area contributed by atoms with Gasteiger partial charge in [-0.25, -0.2) is 19.3 Å². The molecule has 1 unspecified atom stereocenters. The summed E-state index contributed by atoms with van der Waals surface area (Å²) in [4.78, 5) is 102. The predicted molar refractivity (Wildman–Crippen MR) is 302 cm³/mol. The molecule has 22 nitrogen and oxygen atoms in total. The molecule has 0 radical (unpaired) electrons. The summed E-state index contributed by atoms with van der Waals surface area (Å²) < 4.78 is 33.2. The summed E-state index contributed by atoms with van der Waals surface area (Å²) >= 11 is 7.48. The maximum atomic E-state index is 14.7. The number of piperazine rings is 2. The molecule has 6 amide bonds. The zero-order valence-electron chi connectivity index (χ0n) is 45.9. The van der Waals surface area contributed by atoms with E-state index in [-0.39, 0.29) is 113 Å². The number of hydrogen-bond donors (Lipinski definition) is 5.